The lowest BCUT2D eigenvalue weighted by Gasteiger charge is -2.27. The van der Waals surface area contributed by atoms with Crippen molar-refractivity contribution in [2.45, 2.75) is 57.7 Å². The van der Waals surface area contributed by atoms with Crippen LogP contribution in [0.25, 0.3) is 0 Å². The number of nitrogens with zero attached hydrogens (tertiary/aromatic N) is 2. The maximum atomic E-state index is 13.1. The summed E-state index contributed by atoms with van der Waals surface area (Å²) in [5.74, 6) is -2.91. The molecule has 228 valence electrons. The van der Waals surface area contributed by atoms with Crippen LogP contribution in [0, 0.1) is 0 Å². The van der Waals surface area contributed by atoms with Gasteiger partial charge in [0, 0.05) is 38.6 Å². The van der Waals surface area contributed by atoms with Crippen LogP contribution in [0.5, 0.6) is 5.75 Å². The summed E-state index contributed by atoms with van der Waals surface area (Å²) in [6.07, 6.45) is 0.467. The topological polar surface area (TPSA) is 173 Å². The summed E-state index contributed by atoms with van der Waals surface area (Å²) in [4.78, 5) is 77.0. The highest BCUT2D eigenvalue weighted by Gasteiger charge is 2.46. The summed E-state index contributed by atoms with van der Waals surface area (Å²) in [5.41, 5.74) is -0.491. The van der Waals surface area contributed by atoms with Crippen molar-refractivity contribution in [3.05, 3.63) is 29.3 Å². The van der Waals surface area contributed by atoms with Crippen LogP contribution < -0.4 is 20.7 Å². The number of rotatable bonds is 11. The van der Waals surface area contributed by atoms with E-state index in [0.29, 0.717) is 19.7 Å². The monoisotopic (exact) mass is 587 g/mol. The van der Waals surface area contributed by atoms with Crippen LogP contribution >= 0.6 is 0 Å². The number of alkyl carbamates (subject to hydrolysis) is 1. The molecule has 3 aliphatic heterocycles. The van der Waals surface area contributed by atoms with Crippen LogP contribution in [0.1, 0.15) is 60.7 Å². The minimum absolute atomic E-state index is 0.0170. The van der Waals surface area contributed by atoms with Crippen LogP contribution in [0.2, 0.25) is 0 Å². The maximum absolute atomic E-state index is 13.1. The standard InChI is InChI=1S/C28H37N5O9/c1-28(2,3)42-27(39)30-17-9-11-32(15-17)12-14-40-13-10-29-22(35)16-41-20-6-4-5-18-23(20)26(38)33(25(18)37)19-7-8-21(34)31-24(19)36/h4-6,17,19H,7-16H2,1-3H3,(H,29,35)(H,30,39)(H,31,34,36). The number of fused-ring (bicyclic) bond motifs is 1. The molecule has 0 spiro atoms. The molecular weight excluding hydrogens is 550 g/mol. The molecule has 3 aliphatic rings. The van der Waals surface area contributed by atoms with Gasteiger partial charge in [-0.3, -0.25) is 39.1 Å². The second-order valence-electron chi connectivity index (χ2n) is 11.3. The van der Waals surface area contributed by atoms with Gasteiger partial charge in [-0.15, -0.1) is 0 Å². The zero-order valence-electron chi connectivity index (χ0n) is 24.0. The minimum atomic E-state index is -1.09. The van der Waals surface area contributed by atoms with Gasteiger partial charge < -0.3 is 24.8 Å². The van der Waals surface area contributed by atoms with Gasteiger partial charge in [-0.05, 0) is 45.7 Å². The molecule has 2 unspecified atom stereocenters. The molecule has 0 saturated carbocycles. The van der Waals surface area contributed by atoms with Gasteiger partial charge >= 0.3 is 6.09 Å². The van der Waals surface area contributed by atoms with E-state index in [1.54, 1.807) is 0 Å². The van der Waals surface area contributed by atoms with Crippen LogP contribution in [0.4, 0.5) is 4.79 Å². The number of likely N-dealkylation sites (tertiary alicyclic amines) is 1. The Balaban J connectivity index is 1.14. The van der Waals surface area contributed by atoms with E-state index in [2.05, 4.69) is 20.9 Å². The molecule has 0 bridgehead atoms. The summed E-state index contributed by atoms with van der Waals surface area (Å²) in [7, 11) is 0. The number of imide groups is 2. The Bertz CT molecular complexity index is 1240. The summed E-state index contributed by atoms with van der Waals surface area (Å²) in [5, 5.41) is 7.71. The maximum Gasteiger partial charge on any atom is 0.407 e. The summed E-state index contributed by atoms with van der Waals surface area (Å²) >= 11 is 0. The number of carbonyl (C=O) groups is 6. The van der Waals surface area contributed by atoms with Gasteiger partial charge in [-0.2, -0.15) is 0 Å². The molecule has 1 aromatic rings. The average molecular weight is 588 g/mol. The molecule has 3 N–H and O–H groups in total. The summed E-state index contributed by atoms with van der Waals surface area (Å²) < 4.78 is 16.5. The SMILES string of the molecule is CC(C)(C)OC(=O)NC1CCN(CCOCCNC(=O)COc2cccc3c2C(=O)N(C2CCC(=O)NC2=O)C3=O)C1. The molecule has 0 radical (unpaired) electrons. The first-order valence-electron chi connectivity index (χ1n) is 14.0. The van der Waals surface area contributed by atoms with Crippen LogP contribution in [0.3, 0.4) is 0 Å². The smallest absolute Gasteiger partial charge is 0.407 e. The quantitative estimate of drug-likeness (QED) is 0.240. The van der Waals surface area contributed by atoms with Crippen molar-refractivity contribution >= 4 is 35.6 Å². The van der Waals surface area contributed by atoms with Gasteiger partial charge in [0.05, 0.1) is 24.3 Å². The summed E-state index contributed by atoms with van der Waals surface area (Å²) in [6.45, 7) is 8.29. The van der Waals surface area contributed by atoms with E-state index in [9.17, 15) is 28.8 Å². The van der Waals surface area contributed by atoms with Gasteiger partial charge in [0.1, 0.15) is 17.4 Å². The highest BCUT2D eigenvalue weighted by Crippen LogP contribution is 2.33. The molecule has 1 aromatic carbocycles. The van der Waals surface area contributed by atoms with Crippen LogP contribution in [-0.2, 0) is 23.9 Å². The minimum Gasteiger partial charge on any atom is -0.483 e. The molecule has 2 atom stereocenters. The molecule has 6 amide bonds. The Labute approximate surface area is 243 Å². The lowest BCUT2D eigenvalue weighted by Crippen LogP contribution is -2.54. The van der Waals surface area contributed by atoms with Gasteiger partial charge in [0.25, 0.3) is 17.7 Å². The lowest BCUT2D eigenvalue weighted by atomic mass is 10.0. The van der Waals surface area contributed by atoms with Crippen molar-refractivity contribution in [3.8, 4) is 5.75 Å². The average Bonchev–Trinajstić information content (AvgIpc) is 3.45. The lowest BCUT2D eigenvalue weighted by molar-refractivity contribution is -0.136. The Morgan fingerprint density at radius 3 is 2.60 bits per heavy atom. The van der Waals surface area contributed by atoms with Gasteiger partial charge in [-0.1, -0.05) is 6.07 Å². The van der Waals surface area contributed by atoms with Gasteiger partial charge in [0.2, 0.25) is 11.8 Å². The number of hydrogen-bond donors (Lipinski definition) is 3. The molecule has 42 heavy (non-hydrogen) atoms. The molecule has 4 rings (SSSR count). The Kier molecular flexibility index (Phi) is 9.78. The second-order valence-corrected chi connectivity index (χ2v) is 11.3. The first-order chi connectivity index (χ1) is 19.9. The fourth-order valence-corrected chi connectivity index (χ4v) is 4.98. The molecule has 14 heteroatoms. The van der Waals surface area contributed by atoms with Crippen molar-refractivity contribution in [2.24, 2.45) is 0 Å². The first kappa shape index (κ1) is 30.9. The summed E-state index contributed by atoms with van der Waals surface area (Å²) in [6, 6.07) is 3.38. The molecule has 2 saturated heterocycles. The van der Waals surface area contributed by atoms with Crippen molar-refractivity contribution < 1.29 is 43.0 Å². The number of nitrogens with one attached hydrogen (secondary N) is 3. The van der Waals surface area contributed by atoms with E-state index in [0.717, 1.165) is 17.9 Å². The number of hydrogen-bond acceptors (Lipinski definition) is 10. The molecule has 0 aromatic heterocycles. The third-order valence-corrected chi connectivity index (χ3v) is 6.90. The zero-order valence-corrected chi connectivity index (χ0v) is 24.0. The predicted octanol–water partition coefficient (Wildman–Crippen LogP) is 0.198. The zero-order chi connectivity index (χ0) is 30.4. The predicted molar refractivity (Wildman–Crippen MR) is 147 cm³/mol. The van der Waals surface area contributed by atoms with E-state index in [1.807, 2.05) is 20.8 Å². The molecule has 3 heterocycles. The highest BCUT2D eigenvalue weighted by molar-refractivity contribution is 6.24. The van der Waals surface area contributed by atoms with Crippen LogP contribution in [-0.4, -0.2) is 109 Å². The molecular formula is C28H37N5O9. The van der Waals surface area contributed by atoms with Gasteiger partial charge in [-0.25, -0.2) is 4.79 Å². The van der Waals surface area contributed by atoms with Crippen molar-refractivity contribution in [1.29, 1.82) is 0 Å². The number of carbonyl (C=O) groups excluding carboxylic acids is 6. The molecule has 2 fully saturated rings. The second kappa shape index (κ2) is 13.3. The van der Waals surface area contributed by atoms with E-state index >= 15 is 0 Å². The third kappa shape index (κ3) is 7.82. The third-order valence-electron chi connectivity index (χ3n) is 6.90. The fourth-order valence-electron chi connectivity index (χ4n) is 4.98. The molecule has 0 aliphatic carbocycles. The first-order valence-corrected chi connectivity index (χ1v) is 14.0. The van der Waals surface area contributed by atoms with Crippen molar-refractivity contribution in [3.63, 3.8) is 0 Å². The van der Waals surface area contributed by atoms with Crippen molar-refractivity contribution in [1.82, 2.24) is 25.8 Å². The number of benzene rings is 1. The highest BCUT2D eigenvalue weighted by atomic mass is 16.6. The Hall–Kier alpha value is -4.04. The van der Waals surface area contributed by atoms with E-state index in [-0.39, 0.29) is 48.9 Å². The van der Waals surface area contributed by atoms with Gasteiger partial charge in [0.15, 0.2) is 6.61 Å². The van der Waals surface area contributed by atoms with Crippen LogP contribution in [0.15, 0.2) is 18.2 Å². The number of piperidine rings is 1. The normalized spacial score (nSPS) is 20.8. The van der Waals surface area contributed by atoms with Crippen molar-refractivity contribution in [2.75, 3.05) is 46.0 Å². The Morgan fingerprint density at radius 1 is 1.07 bits per heavy atom. The van der Waals surface area contributed by atoms with E-state index in [4.69, 9.17) is 14.2 Å². The fraction of sp³-hybridized carbons (Fsp3) is 0.571. The van der Waals surface area contributed by atoms with E-state index < -0.39 is 53.9 Å². The van der Waals surface area contributed by atoms with E-state index in [1.165, 1.54) is 18.2 Å². The number of ether oxygens (including phenoxy) is 3. The largest absolute Gasteiger partial charge is 0.483 e. The Morgan fingerprint density at radius 2 is 1.86 bits per heavy atom. The molecule has 14 nitrogen and oxygen atoms in total. The number of amides is 6.